The van der Waals surface area contributed by atoms with Crippen LogP contribution in [0.3, 0.4) is 0 Å². The molecular formula is C16H15F2N3O2S. The van der Waals surface area contributed by atoms with Crippen molar-refractivity contribution in [1.82, 2.24) is 0 Å². The quantitative estimate of drug-likeness (QED) is 0.891. The number of halogens is 2. The Morgan fingerprint density at radius 3 is 2.83 bits per heavy atom. The number of hydrogen-bond donors (Lipinski definition) is 2. The van der Waals surface area contributed by atoms with E-state index in [1.165, 1.54) is 29.6 Å². The molecule has 0 saturated heterocycles. The van der Waals surface area contributed by atoms with Crippen molar-refractivity contribution in [3.05, 3.63) is 51.7 Å². The van der Waals surface area contributed by atoms with Crippen LogP contribution < -0.4 is 11.1 Å². The standard InChI is InChI=1S/C16H15F2N3O2S/c1-16(5-6-23-15(19)21-16)10-8-9(2-3-11(10)17)20-14(22)13-12(18)4-7-24-13/h2-4,7-8H,5-6H2,1H3,(H2,19,21)(H,20,22)/t16-/m0/s1. The SMILES string of the molecule is C[C@@]1(c2cc(NC(=O)c3sccc3F)ccc2F)CCOC(N)=N1. The minimum Gasteiger partial charge on any atom is -0.465 e. The molecule has 1 atom stereocenters. The molecule has 5 nitrogen and oxygen atoms in total. The highest BCUT2D eigenvalue weighted by atomic mass is 32.1. The molecule has 8 heteroatoms. The molecule has 1 aliphatic rings. The number of nitrogens with one attached hydrogen (secondary N) is 1. The highest BCUT2D eigenvalue weighted by Crippen LogP contribution is 2.35. The summed E-state index contributed by atoms with van der Waals surface area (Å²) in [5, 5.41) is 4.06. The van der Waals surface area contributed by atoms with Gasteiger partial charge in [0.05, 0.1) is 12.1 Å². The summed E-state index contributed by atoms with van der Waals surface area (Å²) in [7, 11) is 0. The number of nitrogens with two attached hydrogens (primary N) is 1. The lowest BCUT2D eigenvalue weighted by Gasteiger charge is -2.30. The fourth-order valence-corrected chi connectivity index (χ4v) is 3.20. The van der Waals surface area contributed by atoms with Gasteiger partial charge in [0.2, 0.25) is 0 Å². The molecular weight excluding hydrogens is 336 g/mol. The molecule has 3 N–H and O–H groups in total. The van der Waals surface area contributed by atoms with Gasteiger partial charge in [0, 0.05) is 17.7 Å². The van der Waals surface area contributed by atoms with Gasteiger partial charge in [0.15, 0.2) is 0 Å². The van der Waals surface area contributed by atoms with Crippen LogP contribution in [0.15, 0.2) is 34.6 Å². The third kappa shape index (κ3) is 3.09. The Morgan fingerprint density at radius 2 is 2.17 bits per heavy atom. The molecule has 3 rings (SSSR count). The molecule has 1 amide bonds. The summed E-state index contributed by atoms with van der Waals surface area (Å²) in [4.78, 5) is 16.3. The van der Waals surface area contributed by atoms with Crippen molar-refractivity contribution in [2.45, 2.75) is 18.9 Å². The van der Waals surface area contributed by atoms with Crippen LogP contribution >= 0.6 is 11.3 Å². The first kappa shape index (κ1) is 16.4. The molecule has 1 aromatic heterocycles. The van der Waals surface area contributed by atoms with Crippen LogP contribution in [0, 0.1) is 11.6 Å². The van der Waals surface area contributed by atoms with Crippen LogP contribution in [0.4, 0.5) is 14.5 Å². The van der Waals surface area contributed by atoms with Gasteiger partial charge in [0.25, 0.3) is 11.9 Å². The second kappa shape index (κ2) is 6.20. The molecule has 0 bridgehead atoms. The average molecular weight is 351 g/mol. The molecule has 0 unspecified atom stereocenters. The molecule has 0 fully saturated rings. The monoisotopic (exact) mass is 351 g/mol. The molecule has 2 aromatic rings. The maximum absolute atomic E-state index is 14.3. The van der Waals surface area contributed by atoms with Crippen LogP contribution in [-0.2, 0) is 10.3 Å². The van der Waals surface area contributed by atoms with Gasteiger partial charge in [-0.05, 0) is 36.6 Å². The topological polar surface area (TPSA) is 76.7 Å². The number of nitrogens with zero attached hydrogens (tertiary/aromatic N) is 1. The van der Waals surface area contributed by atoms with Gasteiger partial charge in [-0.2, -0.15) is 0 Å². The van der Waals surface area contributed by atoms with Gasteiger partial charge >= 0.3 is 0 Å². The van der Waals surface area contributed by atoms with Crippen LogP contribution in [0.25, 0.3) is 0 Å². The molecule has 0 saturated carbocycles. The number of carbonyl (C=O) groups excluding carboxylic acids is 1. The van der Waals surface area contributed by atoms with Crippen molar-refractivity contribution < 1.29 is 18.3 Å². The number of benzene rings is 1. The first-order valence-corrected chi connectivity index (χ1v) is 8.09. The predicted molar refractivity (Wildman–Crippen MR) is 88.2 cm³/mol. The number of aliphatic imine (C=N–C) groups is 1. The van der Waals surface area contributed by atoms with Gasteiger partial charge in [0.1, 0.15) is 16.5 Å². The van der Waals surface area contributed by atoms with Crippen molar-refractivity contribution in [2.24, 2.45) is 10.7 Å². The van der Waals surface area contributed by atoms with Crippen molar-refractivity contribution >= 4 is 29.0 Å². The fourth-order valence-electron chi connectivity index (χ4n) is 2.54. The lowest BCUT2D eigenvalue weighted by atomic mass is 9.88. The predicted octanol–water partition coefficient (Wildman–Crippen LogP) is 3.23. The smallest absolute Gasteiger partial charge is 0.282 e. The number of hydrogen-bond acceptors (Lipinski definition) is 5. The number of anilines is 1. The van der Waals surface area contributed by atoms with E-state index in [-0.39, 0.29) is 10.9 Å². The lowest BCUT2D eigenvalue weighted by Crippen LogP contribution is -2.34. The van der Waals surface area contributed by atoms with Gasteiger partial charge in [-0.1, -0.05) is 0 Å². The zero-order valence-electron chi connectivity index (χ0n) is 12.8. The van der Waals surface area contributed by atoms with E-state index in [9.17, 15) is 13.6 Å². The van der Waals surface area contributed by atoms with Gasteiger partial charge in [-0.25, -0.2) is 13.8 Å². The summed E-state index contributed by atoms with van der Waals surface area (Å²) in [5.74, 6) is -1.63. The molecule has 1 aliphatic heterocycles. The van der Waals surface area contributed by atoms with Crippen LogP contribution in [0.5, 0.6) is 0 Å². The number of ether oxygens (including phenoxy) is 1. The van der Waals surface area contributed by atoms with Crippen molar-refractivity contribution in [1.29, 1.82) is 0 Å². The Kier molecular flexibility index (Phi) is 4.23. The average Bonchev–Trinajstić information content (AvgIpc) is 2.95. The van der Waals surface area contributed by atoms with E-state index in [2.05, 4.69) is 10.3 Å². The van der Waals surface area contributed by atoms with Crippen molar-refractivity contribution in [3.63, 3.8) is 0 Å². The molecule has 126 valence electrons. The Hall–Kier alpha value is -2.48. The van der Waals surface area contributed by atoms with E-state index in [0.29, 0.717) is 24.3 Å². The van der Waals surface area contributed by atoms with E-state index >= 15 is 0 Å². The second-order valence-corrected chi connectivity index (χ2v) is 6.48. The van der Waals surface area contributed by atoms with Gasteiger partial charge in [-0.3, -0.25) is 4.79 Å². The third-order valence-corrected chi connectivity index (χ3v) is 4.71. The molecule has 24 heavy (non-hydrogen) atoms. The van der Waals surface area contributed by atoms with E-state index < -0.39 is 23.1 Å². The number of amidine groups is 1. The first-order chi connectivity index (χ1) is 11.4. The van der Waals surface area contributed by atoms with E-state index in [4.69, 9.17) is 10.5 Å². The van der Waals surface area contributed by atoms with Gasteiger partial charge < -0.3 is 15.8 Å². The molecule has 0 aliphatic carbocycles. The summed E-state index contributed by atoms with van der Waals surface area (Å²) in [6.45, 7) is 2.06. The van der Waals surface area contributed by atoms with E-state index in [1.807, 2.05) is 0 Å². The summed E-state index contributed by atoms with van der Waals surface area (Å²) in [6.07, 6.45) is 0.446. The first-order valence-electron chi connectivity index (χ1n) is 7.21. The molecule has 1 aromatic carbocycles. The Balaban J connectivity index is 1.91. The van der Waals surface area contributed by atoms with Crippen LogP contribution in [-0.4, -0.2) is 18.5 Å². The summed E-state index contributed by atoms with van der Waals surface area (Å²) in [6, 6.07) is 5.36. The minimum absolute atomic E-state index is 0.00162. The maximum atomic E-state index is 14.3. The highest BCUT2D eigenvalue weighted by molar-refractivity contribution is 7.12. The Bertz CT molecular complexity index is 821. The summed E-state index contributed by atoms with van der Waals surface area (Å²) >= 11 is 0.996. The zero-order chi connectivity index (χ0) is 17.3. The van der Waals surface area contributed by atoms with Gasteiger partial charge in [-0.15, -0.1) is 11.3 Å². The van der Waals surface area contributed by atoms with E-state index in [0.717, 1.165) is 11.3 Å². The zero-order valence-corrected chi connectivity index (χ0v) is 13.6. The number of rotatable bonds is 3. The molecule has 0 radical (unpaired) electrons. The molecule has 2 heterocycles. The Morgan fingerprint density at radius 1 is 1.38 bits per heavy atom. The number of amides is 1. The number of thiophene rings is 1. The van der Waals surface area contributed by atoms with Crippen LogP contribution in [0.1, 0.15) is 28.6 Å². The summed E-state index contributed by atoms with van der Waals surface area (Å²) in [5.41, 5.74) is 5.35. The lowest BCUT2D eigenvalue weighted by molar-refractivity contribution is 0.102. The van der Waals surface area contributed by atoms with E-state index in [1.54, 1.807) is 6.92 Å². The largest absolute Gasteiger partial charge is 0.465 e. The second-order valence-electron chi connectivity index (χ2n) is 5.57. The van der Waals surface area contributed by atoms with Crippen molar-refractivity contribution in [3.8, 4) is 0 Å². The third-order valence-electron chi connectivity index (χ3n) is 3.82. The fraction of sp³-hybridized carbons (Fsp3) is 0.250. The summed E-state index contributed by atoms with van der Waals surface area (Å²) < 4.78 is 32.9. The highest BCUT2D eigenvalue weighted by Gasteiger charge is 2.33. The minimum atomic E-state index is -0.888. The number of carbonyl (C=O) groups is 1. The molecule has 0 spiro atoms. The van der Waals surface area contributed by atoms with Crippen LogP contribution in [0.2, 0.25) is 0 Å². The maximum Gasteiger partial charge on any atom is 0.282 e. The normalized spacial score (nSPS) is 20.2. The Labute approximate surface area is 141 Å². The van der Waals surface area contributed by atoms with Crippen molar-refractivity contribution in [2.75, 3.05) is 11.9 Å².